The third-order valence-corrected chi connectivity index (χ3v) is 6.80. The van der Waals surface area contributed by atoms with Gasteiger partial charge in [0.1, 0.15) is 23.8 Å². The zero-order chi connectivity index (χ0) is 19.7. The molecule has 0 unspecified atom stereocenters. The van der Waals surface area contributed by atoms with Crippen molar-refractivity contribution in [2.75, 3.05) is 31.1 Å². The van der Waals surface area contributed by atoms with Gasteiger partial charge in [-0.25, -0.2) is 23.4 Å². The Bertz CT molecular complexity index is 1090. The minimum absolute atomic E-state index is 0.348. The van der Waals surface area contributed by atoms with Crippen LogP contribution < -0.4 is 4.90 Å². The van der Waals surface area contributed by atoms with Crippen LogP contribution in [-0.2, 0) is 10.0 Å². The Morgan fingerprint density at radius 1 is 0.929 bits per heavy atom. The molecule has 0 aliphatic carbocycles. The monoisotopic (exact) mass is 398 g/mol. The molecule has 0 bridgehead atoms. The highest BCUT2D eigenvalue weighted by Crippen LogP contribution is 2.21. The van der Waals surface area contributed by atoms with Crippen molar-refractivity contribution in [2.45, 2.75) is 18.7 Å². The number of imidazole rings is 1. The molecule has 1 fully saturated rings. The lowest BCUT2D eigenvalue weighted by Crippen LogP contribution is -2.49. The molecule has 0 N–H and O–H groups in total. The highest BCUT2D eigenvalue weighted by atomic mass is 32.2. The van der Waals surface area contributed by atoms with Crippen molar-refractivity contribution in [1.82, 2.24) is 23.8 Å². The molecule has 4 rings (SSSR count). The van der Waals surface area contributed by atoms with Crippen molar-refractivity contribution in [3.8, 4) is 5.82 Å². The predicted molar refractivity (Wildman–Crippen MR) is 106 cm³/mol. The van der Waals surface area contributed by atoms with Crippen LogP contribution in [0.4, 0.5) is 5.82 Å². The van der Waals surface area contributed by atoms with Gasteiger partial charge in [0.25, 0.3) is 0 Å². The van der Waals surface area contributed by atoms with Crippen LogP contribution in [0.3, 0.4) is 0 Å². The van der Waals surface area contributed by atoms with Crippen molar-refractivity contribution >= 4 is 15.8 Å². The predicted octanol–water partition coefficient (Wildman–Crippen LogP) is 1.79. The molecule has 1 saturated heterocycles. The second kappa shape index (κ2) is 7.33. The van der Waals surface area contributed by atoms with E-state index in [-0.39, 0.29) is 0 Å². The SMILES string of the molecule is Cc1cccc(S(=O)(=O)N2CCN(c3cc(-n4ccnc4C)ncn3)CC2)c1. The largest absolute Gasteiger partial charge is 0.354 e. The summed E-state index contributed by atoms with van der Waals surface area (Å²) in [6.45, 7) is 5.79. The average molecular weight is 398 g/mol. The Kier molecular flexibility index (Phi) is 4.86. The molecule has 8 nitrogen and oxygen atoms in total. The molecule has 0 saturated carbocycles. The number of benzene rings is 1. The minimum Gasteiger partial charge on any atom is -0.354 e. The van der Waals surface area contributed by atoms with E-state index in [9.17, 15) is 8.42 Å². The molecule has 0 spiro atoms. The second-order valence-electron chi connectivity index (χ2n) is 6.79. The fraction of sp³-hybridized carbons (Fsp3) is 0.316. The summed E-state index contributed by atoms with van der Waals surface area (Å²) in [5.41, 5.74) is 0.933. The van der Waals surface area contributed by atoms with E-state index in [4.69, 9.17) is 0 Å². The van der Waals surface area contributed by atoms with E-state index in [0.717, 1.165) is 23.0 Å². The third kappa shape index (κ3) is 3.50. The quantitative estimate of drug-likeness (QED) is 0.666. The number of rotatable bonds is 4. The van der Waals surface area contributed by atoms with Gasteiger partial charge in [0.15, 0.2) is 0 Å². The Hall–Kier alpha value is -2.78. The number of aromatic nitrogens is 4. The lowest BCUT2D eigenvalue weighted by atomic mass is 10.2. The first kappa shape index (κ1) is 18.6. The molecule has 146 valence electrons. The molecular formula is C19H22N6O2S. The van der Waals surface area contributed by atoms with Gasteiger partial charge >= 0.3 is 0 Å². The van der Waals surface area contributed by atoms with Crippen LogP contribution in [0.25, 0.3) is 5.82 Å². The molecule has 1 aliphatic rings. The van der Waals surface area contributed by atoms with E-state index in [1.54, 1.807) is 28.7 Å². The first-order chi connectivity index (χ1) is 13.4. The summed E-state index contributed by atoms with van der Waals surface area (Å²) < 4.78 is 29.2. The summed E-state index contributed by atoms with van der Waals surface area (Å²) in [5, 5.41) is 0. The summed E-state index contributed by atoms with van der Waals surface area (Å²) >= 11 is 0. The van der Waals surface area contributed by atoms with Gasteiger partial charge in [0, 0.05) is 44.6 Å². The molecule has 9 heteroatoms. The zero-order valence-electron chi connectivity index (χ0n) is 15.9. The number of hydrogen-bond acceptors (Lipinski definition) is 6. The van der Waals surface area contributed by atoms with E-state index < -0.39 is 10.0 Å². The van der Waals surface area contributed by atoms with E-state index in [1.165, 1.54) is 6.33 Å². The summed E-state index contributed by atoms with van der Waals surface area (Å²) in [6, 6.07) is 8.94. The van der Waals surface area contributed by atoms with Gasteiger partial charge < -0.3 is 4.90 Å². The summed E-state index contributed by atoms with van der Waals surface area (Å²) in [5.74, 6) is 2.37. The topological polar surface area (TPSA) is 84.2 Å². The zero-order valence-corrected chi connectivity index (χ0v) is 16.7. The second-order valence-corrected chi connectivity index (χ2v) is 8.72. The number of sulfonamides is 1. The van der Waals surface area contributed by atoms with Crippen LogP contribution in [0.15, 0.2) is 53.9 Å². The highest BCUT2D eigenvalue weighted by molar-refractivity contribution is 7.89. The molecule has 0 radical (unpaired) electrons. The van der Waals surface area contributed by atoms with Gasteiger partial charge in [-0.15, -0.1) is 0 Å². The average Bonchev–Trinajstić information content (AvgIpc) is 3.14. The van der Waals surface area contributed by atoms with Gasteiger partial charge in [-0.1, -0.05) is 12.1 Å². The molecular weight excluding hydrogens is 376 g/mol. The lowest BCUT2D eigenvalue weighted by molar-refractivity contribution is 0.383. The number of piperazine rings is 1. The molecule has 1 aromatic carbocycles. The first-order valence-corrected chi connectivity index (χ1v) is 10.5. The van der Waals surface area contributed by atoms with Crippen LogP contribution in [0.5, 0.6) is 0 Å². The molecule has 28 heavy (non-hydrogen) atoms. The fourth-order valence-electron chi connectivity index (χ4n) is 3.34. The maximum absolute atomic E-state index is 12.9. The summed E-state index contributed by atoms with van der Waals surface area (Å²) in [7, 11) is -3.48. The molecule has 3 heterocycles. The maximum atomic E-state index is 12.9. The Morgan fingerprint density at radius 3 is 2.36 bits per heavy atom. The van der Waals surface area contributed by atoms with Crippen molar-refractivity contribution in [3.05, 3.63) is 60.4 Å². The van der Waals surface area contributed by atoms with Crippen LogP contribution in [-0.4, -0.2) is 58.4 Å². The normalized spacial score (nSPS) is 15.7. The van der Waals surface area contributed by atoms with Crippen LogP contribution in [0.1, 0.15) is 11.4 Å². The van der Waals surface area contributed by atoms with Gasteiger partial charge in [-0.05, 0) is 31.5 Å². The minimum atomic E-state index is -3.48. The van der Waals surface area contributed by atoms with Crippen molar-refractivity contribution in [1.29, 1.82) is 0 Å². The van der Waals surface area contributed by atoms with Crippen LogP contribution in [0, 0.1) is 13.8 Å². The summed E-state index contributed by atoms with van der Waals surface area (Å²) in [6.07, 6.45) is 5.11. The lowest BCUT2D eigenvalue weighted by Gasteiger charge is -2.34. The Morgan fingerprint density at radius 2 is 1.68 bits per heavy atom. The molecule has 2 aromatic heterocycles. The van der Waals surface area contributed by atoms with Crippen molar-refractivity contribution in [2.24, 2.45) is 0 Å². The molecule has 0 amide bonds. The third-order valence-electron chi connectivity index (χ3n) is 4.90. The van der Waals surface area contributed by atoms with Gasteiger partial charge in [-0.2, -0.15) is 4.31 Å². The van der Waals surface area contributed by atoms with E-state index in [1.807, 2.05) is 36.7 Å². The molecule has 0 atom stereocenters. The molecule has 3 aromatic rings. The Labute approximate surface area is 164 Å². The highest BCUT2D eigenvalue weighted by Gasteiger charge is 2.29. The van der Waals surface area contributed by atoms with Gasteiger partial charge in [0.05, 0.1) is 4.90 Å². The van der Waals surface area contributed by atoms with Crippen LogP contribution >= 0.6 is 0 Å². The van der Waals surface area contributed by atoms with E-state index in [0.29, 0.717) is 31.1 Å². The van der Waals surface area contributed by atoms with Gasteiger partial charge in [0.2, 0.25) is 10.0 Å². The van der Waals surface area contributed by atoms with Crippen molar-refractivity contribution < 1.29 is 8.42 Å². The fourth-order valence-corrected chi connectivity index (χ4v) is 4.87. The smallest absolute Gasteiger partial charge is 0.243 e. The number of aryl methyl sites for hydroxylation is 2. The standard InChI is InChI=1S/C19H22N6O2S/c1-15-4-3-5-17(12-15)28(26,27)24-10-8-23(9-11-24)18-13-19(22-14-21-18)25-7-6-20-16(25)2/h3-7,12-14H,8-11H2,1-2H3. The van der Waals surface area contributed by atoms with E-state index >= 15 is 0 Å². The first-order valence-electron chi connectivity index (χ1n) is 9.09. The Balaban J connectivity index is 1.50. The van der Waals surface area contributed by atoms with Gasteiger partial charge in [-0.3, -0.25) is 4.57 Å². The maximum Gasteiger partial charge on any atom is 0.243 e. The number of nitrogens with zero attached hydrogens (tertiary/aromatic N) is 6. The number of anilines is 1. The summed E-state index contributed by atoms with van der Waals surface area (Å²) in [4.78, 5) is 15.3. The van der Waals surface area contributed by atoms with Crippen LogP contribution in [0.2, 0.25) is 0 Å². The van der Waals surface area contributed by atoms with Crippen molar-refractivity contribution in [3.63, 3.8) is 0 Å². The number of hydrogen-bond donors (Lipinski definition) is 0. The molecule has 1 aliphatic heterocycles. The van der Waals surface area contributed by atoms with E-state index in [2.05, 4.69) is 19.9 Å².